The van der Waals surface area contributed by atoms with Gasteiger partial charge in [-0.2, -0.15) is 0 Å². The van der Waals surface area contributed by atoms with E-state index in [1.54, 1.807) is 11.3 Å². The third-order valence-corrected chi connectivity index (χ3v) is 11.7. The molecule has 5 nitrogen and oxygen atoms in total. The number of rotatable bonds is 6. The molecule has 0 fully saturated rings. The highest BCUT2D eigenvalue weighted by Gasteiger charge is 2.19. The Labute approximate surface area is 326 Å². The maximum Gasteiger partial charge on any atom is 0.164 e. The maximum atomic E-state index is 5.19. The third kappa shape index (κ3) is 5.38. The highest BCUT2D eigenvalue weighted by Crippen LogP contribution is 2.41. The summed E-state index contributed by atoms with van der Waals surface area (Å²) in [7, 11) is 0. The molecule has 0 unspecified atom stereocenters. The van der Waals surface area contributed by atoms with Crippen LogP contribution in [0.2, 0.25) is 0 Å². The molecule has 0 aliphatic carbocycles. The molecule has 0 radical (unpaired) electrons. The van der Waals surface area contributed by atoms with Gasteiger partial charge in [-0.15, -0.1) is 11.3 Å². The third-order valence-electron chi connectivity index (χ3n) is 10.6. The average molecular weight is 734 g/mol. The molecule has 56 heavy (non-hydrogen) atoms. The second-order valence-corrected chi connectivity index (χ2v) is 14.9. The largest absolute Gasteiger partial charge is 0.309 e. The van der Waals surface area contributed by atoms with Gasteiger partial charge in [0.15, 0.2) is 17.5 Å². The van der Waals surface area contributed by atoms with E-state index in [1.165, 1.54) is 31.8 Å². The SMILES string of the molecule is c1ccc(-c2nc(-c3ccc(-c4cccc5c4sc4ncccc45)cc3)nc(-c3ccc(-c4ccccc4)c(-n4c5ccccc5c5ccccc54)c3)n2)cc1. The molecule has 11 aromatic rings. The number of hydrogen-bond donors (Lipinski definition) is 0. The average Bonchev–Trinajstić information content (AvgIpc) is 3.83. The highest BCUT2D eigenvalue weighted by atomic mass is 32.1. The molecule has 4 heterocycles. The lowest BCUT2D eigenvalue weighted by atomic mass is 10.0. The standard InChI is InChI=1S/C50H31N5S/c1-3-13-32(14-4-1)37-29-28-36(31-45(37)55-43-22-9-7-17-39(43)40-18-8-10-23-44(40)55)49-53-47(34-15-5-2-6-16-34)52-48(54-49)35-26-24-33(25-27-35)38-19-11-20-41-42-21-12-30-51-50(42)56-46(38)41/h1-31H. The van der Waals surface area contributed by atoms with Gasteiger partial charge in [0.2, 0.25) is 0 Å². The second-order valence-electron chi connectivity index (χ2n) is 13.9. The maximum absolute atomic E-state index is 5.19. The van der Waals surface area contributed by atoms with Crippen LogP contribution in [-0.2, 0) is 0 Å². The van der Waals surface area contributed by atoms with Gasteiger partial charge in [0, 0.05) is 54.7 Å². The molecule has 0 aliphatic heterocycles. The van der Waals surface area contributed by atoms with Crippen molar-refractivity contribution in [2.75, 3.05) is 0 Å². The van der Waals surface area contributed by atoms with Crippen molar-refractivity contribution in [3.05, 3.63) is 188 Å². The van der Waals surface area contributed by atoms with Crippen LogP contribution >= 0.6 is 11.3 Å². The van der Waals surface area contributed by atoms with Gasteiger partial charge in [-0.05, 0) is 47.0 Å². The lowest BCUT2D eigenvalue weighted by Gasteiger charge is -2.16. The molecule has 0 atom stereocenters. The zero-order chi connectivity index (χ0) is 37.0. The fourth-order valence-corrected chi connectivity index (χ4v) is 9.09. The zero-order valence-electron chi connectivity index (χ0n) is 30.0. The first-order valence-corrected chi connectivity index (χ1v) is 19.5. The summed E-state index contributed by atoms with van der Waals surface area (Å²) in [6.07, 6.45) is 1.86. The topological polar surface area (TPSA) is 56.5 Å². The number of pyridine rings is 1. The van der Waals surface area contributed by atoms with Crippen molar-refractivity contribution in [1.29, 1.82) is 0 Å². The molecule has 0 N–H and O–H groups in total. The summed E-state index contributed by atoms with van der Waals surface area (Å²) in [4.78, 5) is 21.1. The van der Waals surface area contributed by atoms with E-state index in [4.69, 9.17) is 15.0 Å². The number of benzene rings is 7. The molecular formula is C50H31N5S. The van der Waals surface area contributed by atoms with E-state index >= 15 is 0 Å². The van der Waals surface area contributed by atoms with Crippen molar-refractivity contribution in [1.82, 2.24) is 24.5 Å². The summed E-state index contributed by atoms with van der Waals surface area (Å²) in [5.74, 6) is 1.86. The van der Waals surface area contributed by atoms with Crippen LogP contribution in [0.25, 0.3) is 104 Å². The summed E-state index contributed by atoms with van der Waals surface area (Å²) >= 11 is 1.74. The lowest BCUT2D eigenvalue weighted by Crippen LogP contribution is -2.02. The van der Waals surface area contributed by atoms with Gasteiger partial charge in [0.25, 0.3) is 0 Å². The number of aromatic nitrogens is 5. The van der Waals surface area contributed by atoms with Crippen molar-refractivity contribution in [3.8, 4) is 62.1 Å². The van der Waals surface area contributed by atoms with Crippen LogP contribution in [-0.4, -0.2) is 24.5 Å². The summed E-state index contributed by atoms with van der Waals surface area (Å²) in [6.45, 7) is 0. The Morgan fingerprint density at radius 3 is 1.59 bits per heavy atom. The van der Waals surface area contributed by atoms with Crippen LogP contribution in [0.4, 0.5) is 0 Å². The number of fused-ring (bicyclic) bond motifs is 6. The molecule has 0 spiro atoms. The first-order valence-electron chi connectivity index (χ1n) is 18.6. The minimum atomic E-state index is 0.613. The van der Waals surface area contributed by atoms with Gasteiger partial charge in [-0.1, -0.05) is 152 Å². The fraction of sp³-hybridized carbons (Fsp3) is 0. The Hall–Kier alpha value is -7.28. The van der Waals surface area contributed by atoms with Crippen LogP contribution in [0.3, 0.4) is 0 Å². The predicted molar refractivity (Wildman–Crippen MR) is 232 cm³/mol. The van der Waals surface area contributed by atoms with E-state index in [1.807, 2.05) is 30.5 Å². The van der Waals surface area contributed by atoms with E-state index in [0.717, 1.165) is 54.9 Å². The van der Waals surface area contributed by atoms with Crippen molar-refractivity contribution in [2.24, 2.45) is 0 Å². The van der Waals surface area contributed by atoms with Crippen molar-refractivity contribution < 1.29 is 0 Å². The molecule has 0 amide bonds. The van der Waals surface area contributed by atoms with Gasteiger partial charge in [-0.25, -0.2) is 19.9 Å². The fourth-order valence-electron chi connectivity index (χ4n) is 7.91. The number of para-hydroxylation sites is 2. The quantitative estimate of drug-likeness (QED) is 0.171. The Balaban J connectivity index is 1.08. The van der Waals surface area contributed by atoms with E-state index in [2.05, 4.69) is 167 Å². The predicted octanol–water partition coefficient (Wildman–Crippen LogP) is 13.1. The summed E-state index contributed by atoms with van der Waals surface area (Å²) in [5, 5.41) is 4.85. The first kappa shape index (κ1) is 32.2. The summed E-state index contributed by atoms with van der Waals surface area (Å²) in [6, 6.07) is 63.8. The van der Waals surface area contributed by atoms with E-state index < -0.39 is 0 Å². The highest BCUT2D eigenvalue weighted by molar-refractivity contribution is 7.26. The van der Waals surface area contributed by atoms with E-state index in [9.17, 15) is 0 Å². The first-order chi connectivity index (χ1) is 27.8. The van der Waals surface area contributed by atoms with Gasteiger partial charge >= 0.3 is 0 Å². The number of nitrogens with zero attached hydrogens (tertiary/aromatic N) is 5. The molecule has 0 bridgehead atoms. The van der Waals surface area contributed by atoms with Gasteiger partial charge in [0.05, 0.1) is 16.7 Å². The molecule has 0 aliphatic rings. The second kappa shape index (κ2) is 13.2. The normalized spacial score (nSPS) is 11.6. The van der Waals surface area contributed by atoms with Crippen LogP contribution in [0.5, 0.6) is 0 Å². The summed E-state index contributed by atoms with van der Waals surface area (Å²) in [5.41, 5.74) is 10.7. The smallest absolute Gasteiger partial charge is 0.164 e. The number of thiophene rings is 1. The van der Waals surface area contributed by atoms with Gasteiger partial charge in [0.1, 0.15) is 4.83 Å². The molecule has 262 valence electrons. The molecule has 7 aromatic carbocycles. The zero-order valence-corrected chi connectivity index (χ0v) is 30.9. The Morgan fingerprint density at radius 2 is 0.893 bits per heavy atom. The minimum absolute atomic E-state index is 0.613. The van der Waals surface area contributed by atoms with Gasteiger partial charge < -0.3 is 4.57 Å². The van der Waals surface area contributed by atoms with Crippen molar-refractivity contribution in [3.63, 3.8) is 0 Å². The van der Waals surface area contributed by atoms with Crippen LogP contribution in [0.1, 0.15) is 0 Å². The Kier molecular flexibility index (Phi) is 7.60. The van der Waals surface area contributed by atoms with E-state index in [-0.39, 0.29) is 0 Å². The van der Waals surface area contributed by atoms with Crippen LogP contribution in [0, 0.1) is 0 Å². The molecule has 0 saturated carbocycles. The van der Waals surface area contributed by atoms with Crippen LogP contribution < -0.4 is 0 Å². The van der Waals surface area contributed by atoms with Crippen molar-refractivity contribution in [2.45, 2.75) is 0 Å². The molecule has 6 heteroatoms. The Morgan fingerprint density at radius 1 is 0.375 bits per heavy atom. The van der Waals surface area contributed by atoms with Crippen LogP contribution in [0.15, 0.2) is 188 Å². The monoisotopic (exact) mass is 733 g/mol. The molecule has 0 saturated heterocycles. The van der Waals surface area contributed by atoms with Crippen molar-refractivity contribution >= 4 is 53.4 Å². The lowest BCUT2D eigenvalue weighted by molar-refractivity contribution is 1.07. The molecule has 4 aromatic heterocycles. The molecule has 11 rings (SSSR count). The number of hydrogen-bond acceptors (Lipinski definition) is 5. The minimum Gasteiger partial charge on any atom is -0.309 e. The molecular weight excluding hydrogens is 703 g/mol. The van der Waals surface area contributed by atoms with E-state index in [0.29, 0.717) is 17.5 Å². The van der Waals surface area contributed by atoms with Gasteiger partial charge in [-0.3, -0.25) is 0 Å². The summed E-state index contributed by atoms with van der Waals surface area (Å²) < 4.78 is 3.61. The Bertz CT molecular complexity index is 3190.